The van der Waals surface area contributed by atoms with E-state index in [1.54, 1.807) is 24.5 Å². The average molecular weight is 414 g/mol. The molecule has 2 aromatic heterocycles. The zero-order valence-electron chi connectivity index (χ0n) is 17.0. The van der Waals surface area contributed by atoms with Gasteiger partial charge in [0.05, 0.1) is 18.5 Å². The number of aryl methyl sites for hydroxylation is 1. The summed E-state index contributed by atoms with van der Waals surface area (Å²) in [7, 11) is 0. The Kier molecular flexibility index (Phi) is 5.93. The number of nitrogens with one attached hydrogen (secondary N) is 2. The summed E-state index contributed by atoms with van der Waals surface area (Å²) >= 11 is 0. The van der Waals surface area contributed by atoms with E-state index in [1.807, 2.05) is 61.5 Å². The molecule has 0 aliphatic rings. The number of anilines is 1. The first kappa shape index (κ1) is 20.2. The number of nitrogens with zero attached hydrogens (tertiary/aromatic N) is 2. The molecule has 7 nitrogen and oxygen atoms in total. The molecule has 0 bridgehead atoms. The van der Waals surface area contributed by atoms with Gasteiger partial charge in [-0.05, 0) is 42.3 Å². The molecule has 4 aromatic rings. The second-order valence-corrected chi connectivity index (χ2v) is 6.88. The molecule has 0 saturated heterocycles. The number of furan rings is 1. The molecule has 0 aliphatic heterocycles. The van der Waals surface area contributed by atoms with Gasteiger partial charge in [0.2, 0.25) is 5.91 Å². The molecule has 0 radical (unpaired) electrons. The van der Waals surface area contributed by atoms with Gasteiger partial charge in [-0.25, -0.2) is 4.68 Å². The first-order chi connectivity index (χ1) is 15.2. The predicted octanol–water partition coefficient (Wildman–Crippen LogP) is 4.06. The first-order valence-electron chi connectivity index (χ1n) is 10.0. The summed E-state index contributed by atoms with van der Waals surface area (Å²) in [5.41, 5.74) is 3.34. The second kappa shape index (κ2) is 9.13. The van der Waals surface area contributed by atoms with Crippen molar-refractivity contribution >= 4 is 17.5 Å². The smallest absolute Gasteiger partial charge is 0.270 e. The van der Waals surface area contributed by atoms with Gasteiger partial charge in [0.25, 0.3) is 5.91 Å². The van der Waals surface area contributed by atoms with Crippen LogP contribution in [0.25, 0.3) is 17.1 Å². The van der Waals surface area contributed by atoms with E-state index in [4.69, 9.17) is 4.42 Å². The largest absolute Gasteiger partial charge is 0.463 e. The van der Waals surface area contributed by atoms with Crippen LogP contribution in [0.15, 0.2) is 83.5 Å². The third kappa shape index (κ3) is 4.56. The summed E-state index contributed by atoms with van der Waals surface area (Å²) in [5, 5.41) is 10.1. The van der Waals surface area contributed by atoms with Gasteiger partial charge >= 0.3 is 0 Å². The third-order valence-corrected chi connectivity index (χ3v) is 4.80. The van der Waals surface area contributed by atoms with Gasteiger partial charge in [0, 0.05) is 11.8 Å². The van der Waals surface area contributed by atoms with Crippen LogP contribution in [0.5, 0.6) is 0 Å². The van der Waals surface area contributed by atoms with Crippen molar-refractivity contribution in [3.8, 4) is 17.1 Å². The number of para-hydroxylation sites is 2. The summed E-state index contributed by atoms with van der Waals surface area (Å²) < 4.78 is 6.96. The van der Waals surface area contributed by atoms with Crippen molar-refractivity contribution in [1.82, 2.24) is 15.1 Å². The number of hydrogen-bond donors (Lipinski definition) is 2. The Hall–Kier alpha value is -4.13. The molecule has 0 saturated carbocycles. The number of rotatable bonds is 7. The van der Waals surface area contributed by atoms with E-state index < -0.39 is 5.91 Å². The van der Waals surface area contributed by atoms with Gasteiger partial charge in [0.1, 0.15) is 11.4 Å². The minimum absolute atomic E-state index is 0.160. The maximum atomic E-state index is 12.9. The number of carbonyl (C=O) groups excluding carboxylic acids is 2. The normalized spacial score (nSPS) is 10.6. The Morgan fingerprint density at radius 2 is 1.77 bits per heavy atom. The Balaban J connectivity index is 1.52. The number of hydrogen-bond acceptors (Lipinski definition) is 4. The van der Waals surface area contributed by atoms with Crippen molar-refractivity contribution in [3.63, 3.8) is 0 Å². The summed E-state index contributed by atoms with van der Waals surface area (Å²) in [6, 6.07) is 22.1. The van der Waals surface area contributed by atoms with Gasteiger partial charge in [-0.2, -0.15) is 5.10 Å². The number of carbonyl (C=O) groups is 2. The van der Waals surface area contributed by atoms with Crippen molar-refractivity contribution in [2.45, 2.75) is 13.3 Å². The summed E-state index contributed by atoms with van der Waals surface area (Å²) in [6.07, 6.45) is 2.35. The van der Waals surface area contributed by atoms with E-state index in [2.05, 4.69) is 15.7 Å². The molecular weight excluding hydrogens is 392 g/mol. The van der Waals surface area contributed by atoms with Crippen LogP contribution < -0.4 is 10.6 Å². The lowest BCUT2D eigenvalue weighted by atomic mass is 10.1. The molecule has 31 heavy (non-hydrogen) atoms. The number of amides is 2. The van der Waals surface area contributed by atoms with Crippen molar-refractivity contribution < 1.29 is 14.0 Å². The molecule has 7 heteroatoms. The van der Waals surface area contributed by atoms with Crippen LogP contribution in [0.1, 0.15) is 23.0 Å². The molecule has 0 unspecified atom stereocenters. The van der Waals surface area contributed by atoms with E-state index in [0.717, 1.165) is 23.4 Å². The van der Waals surface area contributed by atoms with Crippen molar-refractivity contribution in [1.29, 1.82) is 0 Å². The topological polar surface area (TPSA) is 89.2 Å². The van der Waals surface area contributed by atoms with Crippen LogP contribution in [-0.4, -0.2) is 28.1 Å². The van der Waals surface area contributed by atoms with Crippen molar-refractivity contribution in [2.75, 3.05) is 11.9 Å². The Morgan fingerprint density at radius 3 is 2.52 bits per heavy atom. The molecule has 2 amide bonds. The molecule has 0 spiro atoms. The molecule has 2 aromatic carbocycles. The monoisotopic (exact) mass is 414 g/mol. The lowest BCUT2D eigenvalue weighted by Crippen LogP contribution is -2.34. The highest BCUT2D eigenvalue weighted by Gasteiger charge is 2.19. The first-order valence-corrected chi connectivity index (χ1v) is 10.0. The lowest BCUT2D eigenvalue weighted by molar-refractivity contribution is -0.115. The zero-order valence-corrected chi connectivity index (χ0v) is 17.0. The Labute approximate surface area is 179 Å². The third-order valence-electron chi connectivity index (χ3n) is 4.80. The highest BCUT2D eigenvalue weighted by molar-refractivity contribution is 5.99. The number of aromatic nitrogens is 2. The fourth-order valence-corrected chi connectivity index (χ4v) is 3.25. The van der Waals surface area contributed by atoms with E-state index >= 15 is 0 Å². The number of benzene rings is 2. The van der Waals surface area contributed by atoms with E-state index in [0.29, 0.717) is 17.1 Å². The SMILES string of the molecule is CCc1ccccc1NC(=O)CNC(=O)c1cc(-c2ccco2)nn1-c1ccccc1. The molecule has 4 rings (SSSR count). The predicted molar refractivity (Wildman–Crippen MR) is 118 cm³/mol. The van der Waals surface area contributed by atoms with Crippen LogP contribution in [0.4, 0.5) is 5.69 Å². The van der Waals surface area contributed by atoms with Gasteiger partial charge in [-0.1, -0.05) is 43.3 Å². The van der Waals surface area contributed by atoms with Crippen LogP contribution in [0.3, 0.4) is 0 Å². The van der Waals surface area contributed by atoms with Gasteiger partial charge in [-0.3, -0.25) is 9.59 Å². The highest BCUT2D eigenvalue weighted by atomic mass is 16.3. The van der Waals surface area contributed by atoms with Crippen LogP contribution in [-0.2, 0) is 11.2 Å². The van der Waals surface area contributed by atoms with Gasteiger partial charge < -0.3 is 15.1 Å². The highest BCUT2D eigenvalue weighted by Crippen LogP contribution is 2.22. The zero-order chi connectivity index (χ0) is 21.6. The lowest BCUT2D eigenvalue weighted by Gasteiger charge is -2.11. The quantitative estimate of drug-likeness (QED) is 0.477. The molecule has 2 heterocycles. The minimum atomic E-state index is -0.409. The summed E-state index contributed by atoms with van der Waals surface area (Å²) in [6.45, 7) is 1.86. The average Bonchev–Trinajstić information content (AvgIpc) is 3.48. The van der Waals surface area contributed by atoms with Crippen molar-refractivity contribution in [3.05, 3.63) is 90.3 Å². The molecular formula is C24H22N4O3. The Morgan fingerprint density at radius 1 is 1.00 bits per heavy atom. The van der Waals surface area contributed by atoms with Crippen LogP contribution in [0, 0.1) is 0 Å². The molecule has 0 fully saturated rings. The minimum Gasteiger partial charge on any atom is -0.463 e. The Bertz CT molecular complexity index is 1180. The van der Waals surface area contributed by atoms with E-state index in [9.17, 15) is 9.59 Å². The summed E-state index contributed by atoms with van der Waals surface area (Å²) in [5.74, 6) is -0.156. The standard InChI is InChI=1S/C24H22N4O3/c1-2-17-9-6-7-12-19(17)26-23(29)16-25-24(30)21-15-20(22-13-8-14-31-22)27-28(21)18-10-4-3-5-11-18/h3-15H,2,16H2,1H3,(H,25,30)(H,26,29). The molecule has 156 valence electrons. The van der Waals surface area contributed by atoms with E-state index in [1.165, 1.54) is 4.68 Å². The molecule has 0 aliphatic carbocycles. The van der Waals surface area contributed by atoms with Gasteiger partial charge in [0.15, 0.2) is 5.76 Å². The fraction of sp³-hybridized carbons (Fsp3) is 0.125. The van der Waals surface area contributed by atoms with E-state index in [-0.39, 0.29) is 12.5 Å². The second-order valence-electron chi connectivity index (χ2n) is 6.88. The maximum absolute atomic E-state index is 12.9. The molecule has 0 atom stereocenters. The maximum Gasteiger partial charge on any atom is 0.270 e. The fourth-order valence-electron chi connectivity index (χ4n) is 3.25. The van der Waals surface area contributed by atoms with Gasteiger partial charge in [-0.15, -0.1) is 0 Å². The van der Waals surface area contributed by atoms with Crippen LogP contribution in [0.2, 0.25) is 0 Å². The molecule has 2 N–H and O–H groups in total. The van der Waals surface area contributed by atoms with Crippen molar-refractivity contribution in [2.24, 2.45) is 0 Å². The summed E-state index contributed by atoms with van der Waals surface area (Å²) in [4.78, 5) is 25.3. The van der Waals surface area contributed by atoms with Crippen LogP contribution >= 0.6 is 0 Å².